The van der Waals surface area contributed by atoms with Crippen LogP contribution in [0.3, 0.4) is 0 Å². The van der Waals surface area contributed by atoms with Crippen LogP contribution in [0.15, 0.2) is 47.6 Å². The van der Waals surface area contributed by atoms with Gasteiger partial charge < -0.3 is 4.74 Å². The van der Waals surface area contributed by atoms with Crippen LogP contribution in [0.4, 0.5) is 0 Å². The number of halogens is 2. The normalized spacial score (nSPS) is 10.6. The van der Waals surface area contributed by atoms with Gasteiger partial charge in [-0.1, -0.05) is 23.7 Å². The summed E-state index contributed by atoms with van der Waals surface area (Å²) in [5, 5.41) is 4.53. The van der Waals surface area contributed by atoms with Gasteiger partial charge in [-0.25, -0.2) is 5.43 Å². The third-order valence-electron chi connectivity index (χ3n) is 2.64. The summed E-state index contributed by atoms with van der Waals surface area (Å²) in [6.45, 7) is 0. The molecule has 2 rings (SSSR count). The number of amides is 1. The topological polar surface area (TPSA) is 50.7 Å². The predicted octanol–water partition coefficient (Wildman–Crippen LogP) is 3.72. The quantitative estimate of drug-likeness (QED) is 0.471. The predicted molar refractivity (Wildman–Crippen MR) is 92.2 cm³/mol. The van der Waals surface area contributed by atoms with E-state index in [0.29, 0.717) is 10.6 Å². The minimum Gasteiger partial charge on any atom is -0.496 e. The van der Waals surface area contributed by atoms with Crippen LogP contribution in [0.25, 0.3) is 0 Å². The lowest BCUT2D eigenvalue weighted by atomic mass is 10.2. The van der Waals surface area contributed by atoms with Crippen molar-refractivity contribution in [3.8, 4) is 5.75 Å². The van der Waals surface area contributed by atoms with Crippen LogP contribution < -0.4 is 10.2 Å². The van der Waals surface area contributed by atoms with E-state index in [4.69, 9.17) is 16.3 Å². The molecule has 0 radical (unpaired) electrons. The van der Waals surface area contributed by atoms with Gasteiger partial charge in [-0.3, -0.25) is 4.79 Å². The van der Waals surface area contributed by atoms with Gasteiger partial charge in [-0.05, 0) is 58.5 Å². The van der Waals surface area contributed by atoms with Crippen molar-refractivity contribution in [3.63, 3.8) is 0 Å². The van der Waals surface area contributed by atoms with Gasteiger partial charge in [0, 0.05) is 10.6 Å². The number of rotatable bonds is 4. The van der Waals surface area contributed by atoms with E-state index in [-0.39, 0.29) is 5.91 Å². The molecule has 0 heterocycles. The molecule has 0 bridgehead atoms. The summed E-state index contributed by atoms with van der Waals surface area (Å²) in [7, 11) is 1.59. The van der Waals surface area contributed by atoms with Crippen molar-refractivity contribution < 1.29 is 9.53 Å². The van der Waals surface area contributed by atoms with Crippen molar-refractivity contribution in [2.24, 2.45) is 5.10 Å². The molecule has 6 heteroatoms. The lowest BCUT2D eigenvalue weighted by Gasteiger charge is -2.05. The standard InChI is InChI=1S/C15H12ClIN2O2/c1-21-14-6-5-11(8-13(14)17)15(20)19-18-9-10-3-2-4-12(16)7-10/h2-9H,1H3,(H,19,20)/b18-9-. The molecule has 108 valence electrons. The van der Waals surface area contributed by atoms with E-state index in [1.807, 2.05) is 12.1 Å². The minimum atomic E-state index is -0.283. The first-order valence-corrected chi connectivity index (χ1v) is 7.48. The Morgan fingerprint density at radius 1 is 1.33 bits per heavy atom. The van der Waals surface area contributed by atoms with Gasteiger partial charge in [-0.15, -0.1) is 0 Å². The third-order valence-corrected chi connectivity index (χ3v) is 3.72. The van der Waals surface area contributed by atoms with Crippen LogP contribution in [0.1, 0.15) is 15.9 Å². The fourth-order valence-electron chi connectivity index (χ4n) is 1.62. The molecule has 1 N–H and O–H groups in total. The van der Waals surface area contributed by atoms with E-state index in [9.17, 15) is 4.79 Å². The number of hydrazone groups is 1. The number of carbonyl (C=O) groups excluding carboxylic acids is 1. The Bertz CT molecular complexity index is 689. The third kappa shape index (κ3) is 4.44. The van der Waals surface area contributed by atoms with Crippen molar-refractivity contribution in [1.29, 1.82) is 0 Å². The first-order chi connectivity index (χ1) is 10.1. The van der Waals surface area contributed by atoms with E-state index >= 15 is 0 Å². The number of hydrogen-bond acceptors (Lipinski definition) is 3. The Morgan fingerprint density at radius 3 is 2.81 bits per heavy atom. The summed E-state index contributed by atoms with van der Waals surface area (Å²) in [4.78, 5) is 12.0. The van der Waals surface area contributed by atoms with Gasteiger partial charge in [0.2, 0.25) is 0 Å². The SMILES string of the molecule is COc1ccc(C(=O)N/N=C\c2cccc(Cl)c2)cc1I. The Morgan fingerprint density at radius 2 is 2.14 bits per heavy atom. The molecule has 0 aliphatic carbocycles. The van der Waals surface area contributed by atoms with Crippen molar-refractivity contribution in [2.75, 3.05) is 7.11 Å². The lowest BCUT2D eigenvalue weighted by Crippen LogP contribution is -2.17. The molecule has 1 amide bonds. The van der Waals surface area contributed by atoms with Crippen LogP contribution in [0.2, 0.25) is 5.02 Å². The second-order valence-electron chi connectivity index (χ2n) is 4.10. The van der Waals surface area contributed by atoms with Crippen LogP contribution in [-0.2, 0) is 0 Å². The van der Waals surface area contributed by atoms with Crippen molar-refractivity contribution in [1.82, 2.24) is 5.43 Å². The zero-order chi connectivity index (χ0) is 15.2. The molecule has 0 saturated heterocycles. The van der Waals surface area contributed by atoms with Crippen molar-refractivity contribution >= 4 is 46.3 Å². The molecular weight excluding hydrogens is 403 g/mol. The summed E-state index contributed by atoms with van der Waals surface area (Å²) in [6.07, 6.45) is 1.54. The first-order valence-electron chi connectivity index (χ1n) is 6.02. The molecule has 0 atom stereocenters. The summed E-state index contributed by atoms with van der Waals surface area (Å²) >= 11 is 7.98. The van der Waals surface area contributed by atoms with Gasteiger partial charge in [0.25, 0.3) is 5.91 Å². The van der Waals surface area contributed by atoms with Crippen LogP contribution in [-0.4, -0.2) is 19.2 Å². The summed E-state index contributed by atoms with van der Waals surface area (Å²) in [5.74, 6) is 0.448. The Hall–Kier alpha value is -1.60. The van der Waals surface area contributed by atoms with E-state index in [0.717, 1.165) is 14.9 Å². The highest BCUT2D eigenvalue weighted by atomic mass is 127. The van der Waals surface area contributed by atoms with Crippen molar-refractivity contribution in [2.45, 2.75) is 0 Å². The van der Waals surface area contributed by atoms with Gasteiger partial charge in [0.15, 0.2) is 0 Å². The Labute approximate surface area is 141 Å². The number of ether oxygens (including phenoxy) is 1. The molecule has 21 heavy (non-hydrogen) atoms. The molecule has 0 aliphatic rings. The van der Waals surface area contributed by atoms with Gasteiger partial charge in [-0.2, -0.15) is 5.10 Å². The molecule has 0 fully saturated rings. The Balaban J connectivity index is 2.03. The van der Waals surface area contributed by atoms with Crippen LogP contribution >= 0.6 is 34.2 Å². The van der Waals surface area contributed by atoms with Crippen LogP contribution in [0, 0.1) is 3.57 Å². The second-order valence-corrected chi connectivity index (χ2v) is 5.70. The molecule has 0 unspecified atom stereocenters. The number of carbonyl (C=O) groups is 1. The molecule has 4 nitrogen and oxygen atoms in total. The largest absolute Gasteiger partial charge is 0.496 e. The summed E-state index contributed by atoms with van der Waals surface area (Å²) in [5.41, 5.74) is 3.80. The van der Waals surface area contributed by atoms with E-state index in [1.54, 1.807) is 37.4 Å². The molecule has 2 aromatic rings. The zero-order valence-corrected chi connectivity index (χ0v) is 14.1. The number of methoxy groups -OCH3 is 1. The molecule has 0 aromatic heterocycles. The fraction of sp³-hybridized carbons (Fsp3) is 0.0667. The average Bonchev–Trinajstić information content (AvgIpc) is 2.47. The lowest BCUT2D eigenvalue weighted by molar-refractivity contribution is 0.0955. The monoisotopic (exact) mass is 414 g/mol. The maximum Gasteiger partial charge on any atom is 0.271 e. The number of hydrogen-bond donors (Lipinski definition) is 1. The minimum absolute atomic E-state index is 0.283. The summed E-state index contributed by atoms with van der Waals surface area (Å²) in [6, 6.07) is 12.4. The smallest absolute Gasteiger partial charge is 0.271 e. The highest BCUT2D eigenvalue weighted by Gasteiger charge is 2.07. The van der Waals surface area contributed by atoms with Gasteiger partial charge >= 0.3 is 0 Å². The fourth-order valence-corrected chi connectivity index (χ4v) is 2.56. The highest BCUT2D eigenvalue weighted by Crippen LogP contribution is 2.21. The molecule has 0 spiro atoms. The summed E-state index contributed by atoms with van der Waals surface area (Å²) < 4.78 is 6.01. The van der Waals surface area contributed by atoms with Gasteiger partial charge in [0.05, 0.1) is 16.9 Å². The maximum atomic E-state index is 12.0. The molecule has 0 aliphatic heterocycles. The van der Waals surface area contributed by atoms with E-state index in [2.05, 4.69) is 33.1 Å². The first kappa shape index (κ1) is 15.8. The molecule has 0 saturated carbocycles. The number of nitrogens with zero attached hydrogens (tertiary/aromatic N) is 1. The van der Waals surface area contributed by atoms with Crippen LogP contribution in [0.5, 0.6) is 5.75 Å². The zero-order valence-electron chi connectivity index (χ0n) is 11.1. The maximum absolute atomic E-state index is 12.0. The van der Waals surface area contributed by atoms with E-state index < -0.39 is 0 Å². The molecule has 2 aromatic carbocycles. The van der Waals surface area contributed by atoms with E-state index in [1.165, 1.54) is 6.21 Å². The Kier molecular flexibility index (Phi) is 5.58. The van der Waals surface area contributed by atoms with Gasteiger partial charge in [0.1, 0.15) is 5.75 Å². The molecular formula is C15H12ClIN2O2. The average molecular weight is 415 g/mol. The number of benzene rings is 2. The number of nitrogens with one attached hydrogen (secondary N) is 1. The highest BCUT2D eigenvalue weighted by molar-refractivity contribution is 14.1. The second kappa shape index (κ2) is 7.42. The van der Waals surface area contributed by atoms with Crippen molar-refractivity contribution in [3.05, 3.63) is 62.2 Å².